The van der Waals surface area contributed by atoms with E-state index in [1.54, 1.807) is 13.1 Å². The van der Waals surface area contributed by atoms with E-state index in [9.17, 15) is 0 Å². The smallest absolute Gasteiger partial charge is 0.132 e. The van der Waals surface area contributed by atoms with Crippen LogP contribution in [-0.2, 0) is 0 Å². The standard InChI is InChI=1S/C8H10N2.2C2H6.H2/c1-3-4-7-5-6-10-8(7)9-2;2*1-2;/h3-6H,1H2,2H3,(H,9,10);2*1-2H3;1H/b7-4-;;;. The summed E-state index contributed by atoms with van der Waals surface area (Å²) in [5.74, 6) is 0.903. The SMILES string of the molecule is C=C/C=C1/C=CNC1=NC.CC.CC.[HH]. The molecule has 1 N–H and O–H groups in total. The first-order valence-corrected chi connectivity index (χ1v) is 5.11. The predicted molar refractivity (Wildman–Crippen MR) is 68.7 cm³/mol. The molecular weight excluding hydrogens is 172 g/mol. The first-order chi connectivity index (χ1) is 6.88. The molecule has 0 spiro atoms. The van der Waals surface area contributed by atoms with Crippen LogP contribution in [0.2, 0.25) is 0 Å². The maximum Gasteiger partial charge on any atom is 0.132 e. The summed E-state index contributed by atoms with van der Waals surface area (Å²) in [5.41, 5.74) is 1.08. The van der Waals surface area contributed by atoms with Crippen LogP contribution in [0.5, 0.6) is 0 Å². The van der Waals surface area contributed by atoms with Crippen LogP contribution in [-0.4, -0.2) is 12.9 Å². The van der Waals surface area contributed by atoms with Gasteiger partial charge in [-0.15, -0.1) is 0 Å². The van der Waals surface area contributed by atoms with Crippen LogP contribution in [0.15, 0.2) is 41.6 Å². The molecule has 0 radical (unpaired) electrons. The minimum Gasteiger partial charge on any atom is -0.346 e. The molecule has 14 heavy (non-hydrogen) atoms. The number of amidine groups is 1. The highest BCUT2D eigenvalue weighted by Gasteiger charge is 2.04. The Bertz CT molecular complexity index is 228. The maximum absolute atomic E-state index is 4.01. The molecule has 1 aliphatic rings. The van der Waals surface area contributed by atoms with Crippen LogP contribution >= 0.6 is 0 Å². The minimum absolute atomic E-state index is 0. The summed E-state index contributed by atoms with van der Waals surface area (Å²) in [7, 11) is 1.76. The van der Waals surface area contributed by atoms with Gasteiger partial charge in [0, 0.05) is 20.2 Å². The van der Waals surface area contributed by atoms with Gasteiger partial charge in [-0.25, -0.2) is 0 Å². The van der Waals surface area contributed by atoms with Crippen molar-refractivity contribution in [2.45, 2.75) is 27.7 Å². The van der Waals surface area contributed by atoms with Crippen molar-refractivity contribution < 1.29 is 1.43 Å². The number of allylic oxidation sites excluding steroid dienone is 2. The first kappa shape index (κ1) is 15.2. The van der Waals surface area contributed by atoms with Crippen LogP contribution in [0, 0.1) is 0 Å². The molecule has 2 nitrogen and oxygen atoms in total. The summed E-state index contributed by atoms with van der Waals surface area (Å²) >= 11 is 0. The van der Waals surface area contributed by atoms with E-state index in [2.05, 4.69) is 16.9 Å². The van der Waals surface area contributed by atoms with E-state index in [-0.39, 0.29) is 1.43 Å². The Morgan fingerprint density at radius 3 is 2.36 bits per heavy atom. The summed E-state index contributed by atoms with van der Waals surface area (Å²) in [6.07, 6.45) is 7.48. The van der Waals surface area contributed by atoms with Gasteiger partial charge in [0.15, 0.2) is 0 Å². The zero-order chi connectivity index (χ0) is 11.4. The average Bonchev–Trinajstić information content (AvgIpc) is 2.72. The number of nitrogens with one attached hydrogen (secondary N) is 1. The maximum atomic E-state index is 4.01. The fraction of sp³-hybridized carbons (Fsp3) is 0.417. The number of aliphatic imine (C=N–C) groups is 1. The van der Waals surface area contributed by atoms with E-state index >= 15 is 0 Å². The highest BCUT2D eigenvalue weighted by molar-refractivity contribution is 6.03. The normalized spacial score (nSPS) is 17.8. The van der Waals surface area contributed by atoms with Crippen LogP contribution < -0.4 is 5.32 Å². The number of rotatable bonds is 1. The van der Waals surface area contributed by atoms with Crippen molar-refractivity contribution in [1.29, 1.82) is 0 Å². The van der Waals surface area contributed by atoms with Crippen LogP contribution in [0.4, 0.5) is 0 Å². The fourth-order valence-corrected chi connectivity index (χ4v) is 0.828. The zero-order valence-corrected chi connectivity index (χ0v) is 9.96. The highest BCUT2D eigenvalue weighted by Crippen LogP contribution is 2.04. The molecule has 0 aromatic heterocycles. The van der Waals surface area contributed by atoms with Gasteiger partial charge >= 0.3 is 0 Å². The third kappa shape index (κ3) is 5.36. The summed E-state index contributed by atoms with van der Waals surface area (Å²) in [5, 5.41) is 2.99. The zero-order valence-electron chi connectivity index (χ0n) is 9.96. The van der Waals surface area contributed by atoms with E-state index in [1.165, 1.54) is 0 Å². The van der Waals surface area contributed by atoms with E-state index < -0.39 is 0 Å². The van der Waals surface area contributed by atoms with Crippen molar-refractivity contribution in [2.75, 3.05) is 7.05 Å². The Labute approximate surface area is 89.6 Å². The second-order valence-electron chi connectivity index (χ2n) is 1.91. The second kappa shape index (κ2) is 11.7. The Balaban J connectivity index is -0.000000258. The lowest BCUT2D eigenvalue weighted by Gasteiger charge is -1.95. The molecule has 0 unspecified atom stereocenters. The van der Waals surface area contributed by atoms with Gasteiger partial charge in [-0.05, 0) is 6.08 Å². The van der Waals surface area contributed by atoms with Gasteiger partial charge in [-0.1, -0.05) is 46.4 Å². The molecule has 2 heteroatoms. The van der Waals surface area contributed by atoms with E-state index in [4.69, 9.17) is 0 Å². The van der Waals surface area contributed by atoms with Gasteiger partial charge in [0.2, 0.25) is 0 Å². The quantitative estimate of drug-likeness (QED) is 0.681. The molecule has 0 fully saturated rings. The minimum atomic E-state index is 0. The molecule has 0 saturated heterocycles. The number of hydrogen-bond acceptors (Lipinski definition) is 1. The first-order valence-electron chi connectivity index (χ1n) is 5.11. The van der Waals surface area contributed by atoms with Gasteiger partial charge in [0.05, 0.1) is 0 Å². The van der Waals surface area contributed by atoms with Crippen LogP contribution in [0.3, 0.4) is 0 Å². The molecule has 0 saturated carbocycles. The number of nitrogens with zero attached hydrogens (tertiary/aromatic N) is 1. The van der Waals surface area contributed by atoms with E-state index in [0.29, 0.717) is 0 Å². The topological polar surface area (TPSA) is 24.4 Å². The molecule has 0 aliphatic carbocycles. The fourth-order valence-electron chi connectivity index (χ4n) is 0.828. The lowest BCUT2D eigenvalue weighted by molar-refractivity contribution is 1.27. The van der Waals surface area contributed by atoms with Crippen molar-refractivity contribution in [3.05, 3.63) is 36.6 Å². The molecular formula is C12H24N2. The predicted octanol–water partition coefficient (Wildman–Crippen LogP) is 3.54. The molecule has 0 atom stereocenters. The van der Waals surface area contributed by atoms with Crippen molar-refractivity contribution >= 4 is 5.84 Å². The summed E-state index contributed by atoms with van der Waals surface area (Å²) in [6, 6.07) is 0. The Morgan fingerprint density at radius 2 is 1.93 bits per heavy atom. The van der Waals surface area contributed by atoms with Gasteiger partial charge in [0.25, 0.3) is 0 Å². The van der Waals surface area contributed by atoms with Crippen molar-refractivity contribution in [3.63, 3.8) is 0 Å². The molecule has 0 aromatic carbocycles. The van der Waals surface area contributed by atoms with Gasteiger partial charge in [0.1, 0.15) is 5.84 Å². The highest BCUT2D eigenvalue weighted by atomic mass is 15.0. The van der Waals surface area contributed by atoms with Gasteiger partial charge < -0.3 is 5.32 Å². The van der Waals surface area contributed by atoms with Gasteiger partial charge in [-0.3, -0.25) is 4.99 Å². The molecule has 82 valence electrons. The van der Waals surface area contributed by atoms with Crippen molar-refractivity contribution in [3.8, 4) is 0 Å². The Morgan fingerprint density at radius 1 is 1.36 bits per heavy atom. The third-order valence-electron chi connectivity index (χ3n) is 1.28. The van der Waals surface area contributed by atoms with E-state index in [1.807, 2.05) is 46.0 Å². The summed E-state index contributed by atoms with van der Waals surface area (Å²) < 4.78 is 0. The monoisotopic (exact) mass is 196 g/mol. The number of hydrogen-bond donors (Lipinski definition) is 1. The van der Waals surface area contributed by atoms with Crippen molar-refractivity contribution in [1.82, 2.24) is 5.32 Å². The van der Waals surface area contributed by atoms with Crippen molar-refractivity contribution in [2.24, 2.45) is 4.99 Å². The Kier molecular flexibility index (Phi) is 12.7. The lowest BCUT2D eigenvalue weighted by Crippen LogP contribution is -2.12. The molecule has 1 aliphatic heterocycles. The molecule has 1 heterocycles. The molecule has 1 rings (SSSR count). The third-order valence-corrected chi connectivity index (χ3v) is 1.28. The summed E-state index contributed by atoms with van der Waals surface area (Å²) in [6.45, 7) is 11.6. The van der Waals surface area contributed by atoms with Gasteiger partial charge in [-0.2, -0.15) is 0 Å². The van der Waals surface area contributed by atoms with Crippen LogP contribution in [0.1, 0.15) is 29.1 Å². The molecule has 0 amide bonds. The lowest BCUT2D eigenvalue weighted by atomic mass is 10.2. The average molecular weight is 196 g/mol. The molecule has 0 bridgehead atoms. The molecule has 0 aromatic rings. The van der Waals surface area contributed by atoms with E-state index in [0.717, 1.165) is 11.4 Å². The Hall–Kier alpha value is -1.31. The summed E-state index contributed by atoms with van der Waals surface area (Å²) in [4.78, 5) is 4.01. The largest absolute Gasteiger partial charge is 0.346 e. The second-order valence-corrected chi connectivity index (χ2v) is 1.91. The van der Waals surface area contributed by atoms with Crippen LogP contribution in [0.25, 0.3) is 0 Å².